The predicted octanol–water partition coefficient (Wildman–Crippen LogP) is 3.72. The minimum atomic E-state index is -1.02. The zero-order valence-corrected chi connectivity index (χ0v) is 26.5. The predicted molar refractivity (Wildman–Crippen MR) is 159 cm³/mol. The Hall–Kier alpha value is -4.42. The van der Waals surface area contributed by atoms with Crippen molar-refractivity contribution in [1.29, 1.82) is 0 Å². The molecule has 2 N–H and O–H groups in total. The number of nitrogens with one attached hydrogen (secondary N) is 2. The van der Waals surface area contributed by atoms with Crippen LogP contribution in [0.5, 0.6) is 0 Å². The van der Waals surface area contributed by atoms with E-state index in [1.165, 1.54) is 11.7 Å². The Kier molecular flexibility index (Phi) is 9.88. The van der Waals surface area contributed by atoms with Gasteiger partial charge in [-0.25, -0.2) is 9.78 Å². The van der Waals surface area contributed by atoms with Crippen LogP contribution >= 0.6 is 0 Å². The maximum Gasteiger partial charge on any atom is 0.411 e. The number of anilines is 1. The molecule has 0 spiro atoms. The molecule has 0 aliphatic rings. The molecule has 232 valence electrons. The van der Waals surface area contributed by atoms with Crippen LogP contribution in [0.1, 0.15) is 94.7 Å². The summed E-state index contributed by atoms with van der Waals surface area (Å²) in [6, 6.07) is 2.85. The van der Waals surface area contributed by atoms with Gasteiger partial charge in [0.1, 0.15) is 18.1 Å². The summed E-state index contributed by atoms with van der Waals surface area (Å²) in [4.78, 5) is 61.2. The molecule has 2 amide bonds. The topological polar surface area (TPSA) is 171 Å². The number of pyridine rings is 1. The summed E-state index contributed by atoms with van der Waals surface area (Å²) in [5, 5.41) is 13.2. The standard InChI is InChI=1S/C30H41N7O6/c1-11-18-12-13-19(31-14-18)30(8,9)27-36-35-24(43-27)23(39)21(16(2)3)33-20(38)15-37-25(40)22(34-28(41)42-10)17(4)32-26(37)29(5,6)7/h12-14,16,21H,11,15H2,1-10H3,(H,33,38)(H,34,41). The van der Waals surface area contributed by atoms with Crippen LogP contribution in [0.4, 0.5) is 10.5 Å². The van der Waals surface area contributed by atoms with E-state index in [9.17, 15) is 19.2 Å². The molecule has 0 aliphatic carbocycles. The number of Topliss-reactive ketones (excluding diaryl/α,β-unsaturated/α-hetero) is 1. The minimum Gasteiger partial charge on any atom is -0.453 e. The van der Waals surface area contributed by atoms with Gasteiger partial charge in [0.25, 0.3) is 11.4 Å². The smallest absolute Gasteiger partial charge is 0.411 e. The second kappa shape index (κ2) is 12.8. The van der Waals surface area contributed by atoms with Gasteiger partial charge in [0, 0.05) is 11.6 Å². The van der Waals surface area contributed by atoms with E-state index < -0.39 is 46.8 Å². The molecule has 0 saturated heterocycles. The van der Waals surface area contributed by atoms with Gasteiger partial charge in [-0.3, -0.25) is 29.3 Å². The van der Waals surface area contributed by atoms with Crippen molar-refractivity contribution in [1.82, 2.24) is 30.0 Å². The summed E-state index contributed by atoms with van der Waals surface area (Å²) in [7, 11) is 1.17. The van der Waals surface area contributed by atoms with Crippen molar-refractivity contribution in [2.75, 3.05) is 12.4 Å². The van der Waals surface area contributed by atoms with Crippen LogP contribution in [0.15, 0.2) is 27.5 Å². The molecule has 0 aromatic carbocycles. The highest BCUT2D eigenvalue weighted by molar-refractivity contribution is 5.98. The third kappa shape index (κ3) is 7.33. The van der Waals surface area contributed by atoms with Gasteiger partial charge in [-0.1, -0.05) is 47.6 Å². The molecule has 1 unspecified atom stereocenters. The molecule has 0 fully saturated rings. The quantitative estimate of drug-likeness (QED) is 0.329. The van der Waals surface area contributed by atoms with Gasteiger partial charge in [-0.05, 0) is 44.7 Å². The van der Waals surface area contributed by atoms with Gasteiger partial charge in [-0.2, -0.15) is 0 Å². The SMILES string of the molecule is CCc1ccc(C(C)(C)c2nnc(C(=O)C(NC(=O)Cn3c(C(C)(C)C)nc(C)c(NC(=O)OC)c3=O)C(C)C)o2)nc1. The Labute approximate surface area is 250 Å². The molecular formula is C30H41N7O6. The van der Waals surface area contributed by atoms with E-state index in [1.54, 1.807) is 27.0 Å². The first kappa shape index (κ1) is 33.1. The molecular weight excluding hydrogens is 554 g/mol. The first-order valence-corrected chi connectivity index (χ1v) is 14.1. The highest BCUT2D eigenvalue weighted by Crippen LogP contribution is 2.29. The van der Waals surface area contributed by atoms with E-state index in [0.29, 0.717) is 11.5 Å². The number of aromatic nitrogens is 5. The average Bonchev–Trinajstić information content (AvgIpc) is 3.45. The molecule has 43 heavy (non-hydrogen) atoms. The first-order chi connectivity index (χ1) is 20.0. The van der Waals surface area contributed by atoms with Crippen LogP contribution in [-0.2, 0) is 33.3 Å². The molecule has 13 heteroatoms. The second-order valence-electron chi connectivity index (χ2n) is 12.2. The maximum absolute atomic E-state index is 13.5. The van der Waals surface area contributed by atoms with Gasteiger partial charge in [-0.15, -0.1) is 10.2 Å². The van der Waals surface area contributed by atoms with Crippen molar-refractivity contribution < 1.29 is 23.5 Å². The van der Waals surface area contributed by atoms with Crippen molar-refractivity contribution >= 4 is 23.5 Å². The second-order valence-corrected chi connectivity index (χ2v) is 12.2. The highest BCUT2D eigenvalue weighted by Gasteiger charge is 2.35. The number of rotatable bonds is 10. The van der Waals surface area contributed by atoms with Crippen molar-refractivity contribution in [2.24, 2.45) is 5.92 Å². The van der Waals surface area contributed by atoms with E-state index in [0.717, 1.165) is 12.0 Å². The van der Waals surface area contributed by atoms with Gasteiger partial charge >= 0.3 is 6.09 Å². The third-order valence-electron chi connectivity index (χ3n) is 7.04. The van der Waals surface area contributed by atoms with Gasteiger partial charge in [0.05, 0.1) is 30.0 Å². The van der Waals surface area contributed by atoms with E-state index >= 15 is 0 Å². The number of ether oxygens (including phenoxy) is 1. The monoisotopic (exact) mass is 595 g/mol. The average molecular weight is 596 g/mol. The zero-order valence-electron chi connectivity index (χ0n) is 26.5. The number of amides is 2. The molecule has 0 saturated carbocycles. The molecule has 13 nitrogen and oxygen atoms in total. The number of nitrogens with zero attached hydrogens (tertiary/aromatic N) is 5. The number of carbonyl (C=O) groups excluding carboxylic acids is 3. The Morgan fingerprint density at radius 2 is 1.77 bits per heavy atom. The summed E-state index contributed by atoms with van der Waals surface area (Å²) in [5.41, 5.74) is -0.0649. The molecule has 0 aliphatic heterocycles. The minimum absolute atomic E-state index is 0.107. The Balaban J connectivity index is 1.89. The van der Waals surface area contributed by atoms with E-state index in [4.69, 9.17) is 4.42 Å². The lowest BCUT2D eigenvalue weighted by Gasteiger charge is -2.25. The summed E-state index contributed by atoms with van der Waals surface area (Å²) >= 11 is 0. The van der Waals surface area contributed by atoms with Crippen LogP contribution in [0.3, 0.4) is 0 Å². The zero-order chi connectivity index (χ0) is 32.3. The molecule has 3 aromatic rings. The fraction of sp³-hybridized carbons (Fsp3) is 0.533. The number of hydrogen-bond acceptors (Lipinski definition) is 10. The third-order valence-corrected chi connectivity index (χ3v) is 7.04. The fourth-order valence-electron chi connectivity index (χ4n) is 4.40. The lowest BCUT2D eigenvalue weighted by atomic mass is 9.88. The normalized spacial score (nSPS) is 12.6. The fourth-order valence-corrected chi connectivity index (χ4v) is 4.40. The summed E-state index contributed by atoms with van der Waals surface area (Å²) < 4.78 is 11.6. The van der Waals surface area contributed by atoms with E-state index in [2.05, 4.69) is 35.5 Å². The van der Waals surface area contributed by atoms with Crippen LogP contribution in [-0.4, -0.2) is 55.7 Å². The summed E-state index contributed by atoms with van der Waals surface area (Å²) in [5.74, 6) is -1.24. The van der Waals surface area contributed by atoms with Crippen molar-refractivity contribution in [3.05, 3.63) is 63.2 Å². The molecule has 3 aromatic heterocycles. The molecule has 0 bridgehead atoms. The number of aryl methyl sites for hydroxylation is 2. The van der Waals surface area contributed by atoms with E-state index in [1.807, 2.05) is 53.7 Å². The van der Waals surface area contributed by atoms with Crippen molar-refractivity contribution in [3.8, 4) is 0 Å². The van der Waals surface area contributed by atoms with Crippen LogP contribution in [0, 0.1) is 12.8 Å². The van der Waals surface area contributed by atoms with Gasteiger partial charge < -0.3 is 14.5 Å². The summed E-state index contributed by atoms with van der Waals surface area (Å²) in [6.45, 7) is 16.0. The molecule has 3 heterocycles. The Morgan fingerprint density at radius 1 is 1.09 bits per heavy atom. The molecule has 0 radical (unpaired) electrons. The summed E-state index contributed by atoms with van der Waals surface area (Å²) in [6.07, 6.45) is 1.80. The van der Waals surface area contributed by atoms with Gasteiger partial charge in [0.2, 0.25) is 17.6 Å². The Morgan fingerprint density at radius 3 is 2.30 bits per heavy atom. The van der Waals surface area contributed by atoms with Gasteiger partial charge in [0.15, 0.2) is 0 Å². The Bertz CT molecular complexity index is 1550. The lowest BCUT2D eigenvalue weighted by molar-refractivity contribution is -0.122. The number of hydrogen-bond donors (Lipinski definition) is 2. The molecule has 3 rings (SSSR count). The van der Waals surface area contributed by atoms with E-state index in [-0.39, 0.29) is 29.1 Å². The maximum atomic E-state index is 13.5. The van der Waals surface area contributed by atoms with Crippen molar-refractivity contribution in [2.45, 2.75) is 92.2 Å². The van der Waals surface area contributed by atoms with Crippen LogP contribution in [0.25, 0.3) is 0 Å². The van der Waals surface area contributed by atoms with Crippen LogP contribution in [0.2, 0.25) is 0 Å². The number of ketones is 1. The highest BCUT2D eigenvalue weighted by atomic mass is 16.5. The van der Waals surface area contributed by atoms with Crippen LogP contribution < -0.4 is 16.2 Å². The number of methoxy groups -OCH3 is 1. The largest absolute Gasteiger partial charge is 0.453 e. The first-order valence-electron chi connectivity index (χ1n) is 14.1. The number of carbonyl (C=O) groups is 3. The molecule has 1 atom stereocenters. The van der Waals surface area contributed by atoms with Crippen molar-refractivity contribution in [3.63, 3.8) is 0 Å². The lowest BCUT2D eigenvalue weighted by Crippen LogP contribution is -2.47.